The minimum atomic E-state index is -0.435. The van der Waals surface area contributed by atoms with E-state index in [9.17, 15) is 4.79 Å². The van der Waals surface area contributed by atoms with E-state index in [-0.39, 0.29) is 6.09 Å². The summed E-state index contributed by atoms with van der Waals surface area (Å²) in [5, 5.41) is 0. The lowest BCUT2D eigenvalue weighted by molar-refractivity contribution is 0.0258. The summed E-state index contributed by atoms with van der Waals surface area (Å²) in [4.78, 5) is 16.8. The van der Waals surface area contributed by atoms with Crippen molar-refractivity contribution >= 4 is 11.8 Å². The predicted octanol–water partition coefficient (Wildman–Crippen LogP) is 4.18. The summed E-state index contributed by atoms with van der Waals surface area (Å²) >= 11 is 0. The third kappa shape index (κ3) is 4.28. The van der Waals surface area contributed by atoms with E-state index in [0.717, 1.165) is 32.5 Å². The Morgan fingerprint density at radius 2 is 1.72 bits per heavy atom. The lowest BCUT2D eigenvalue weighted by Crippen LogP contribution is -2.38. The lowest BCUT2D eigenvalue weighted by atomic mass is 9.93. The molecule has 0 saturated carbocycles. The third-order valence-corrected chi connectivity index (χ3v) is 5.06. The standard InChI is InChI=1S/C21H32N2O2/c1-5-10-22-11-6-7-18-14-16-8-12-23(20(24)25-21(2,3)4)13-9-17(16)15-19(18)22/h14-15H,5-13H2,1-4H3. The van der Waals surface area contributed by atoms with Gasteiger partial charge in [0.15, 0.2) is 0 Å². The Morgan fingerprint density at radius 1 is 1.04 bits per heavy atom. The highest BCUT2D eigenvalue weighted by Crippen LogP contribution is 2.32. The molecule has 0 saturated heterocycles. The summed E-state index contributed by atoms with van der Waals surface area (Å²) in [6.45, 7) is 11.8. The van der Waals surface area contributed by atoms with E-state index in [1.165, 1.54) is 48.2 Å². The molecule has 3 rings (SSSR count). The summed E-state index contributed by atoms with van der Waals surface area (Å²) in [6, 6.07) is 4.81. The van der Waals surface area contributed by atoms with Crippen LogP contribution in [-0.4, -0.2) is 42.8 Å². The summed E-state index contributed by atoms with van der Waals surface area (Å²) in [5.74, 6) is 0. The third-order valence-electron chi connectivity index (χ3n) is 5.06. The number of amides is 1. The minimum Gasteiger partial charge on any atom is -0.444 e. The molecular formula is C21H32N2O2. The first kappa shape index (κ1) is 18.1. The Kier molecular flexibility index (Phi) is 5.26. The number of hydrogen-bond donors (Lipinski definition) is 0. The largest absolute Gasteiger partial charge is 0.444 e. The number of benzene rings is 1. The molecule has 1 aromatic rings. The molecule has 0 fully saturated rings. The second-order valence-electron chi connectivity index (χ2n) is 8.31. The van der Waals surface area contributed by atoms with Crippen LogP contribution in [0.15, 0.2) is 12.1 Å². The molecule has 0 bridgehead atoms. The Balaban J connectivity index is 1.77. The molecule has 2 aliphatic heterocycles. The van der Waals surface area contributed by atoms with E-state index in [1.807, 2.05) is 25.7 Å². The number of nitrogens with zero attached hydrogens (tertiary/aromatic N) is 2. The molecular weight excluding hydrogens is 312 g/mol. The normalized spacial score (nSPS) is 17.6. The van der Waals surface area contributed by atoms with E-state index >= 15 is 0 Å². The van der Waals surface area contributed by atoms with Crippen LogP contribution in [0, 0.1) is 0 Å². The fourth-order valence-electron chi connectivity index (χ4n) is 3.90. The van der Waals surface area contributed by atoms with Crippen molar-refractivity contribution in [2.24, 2.45) is 0 Å². The molecule has 0 spiro atoms. The van der Waals surface area contributed by atoms with Gasteiger partial charge < -0.3 is 14.5 Å². The van der Waals surface area contributed by atoms with Gasteiger partial charge in [-0.05, 0) is 75.6 Å². The second-order valence-corrected chi connectivity index (χ2v) is 8.31. The SMILES string of the molecule is CCCN1CCCc2cc3c(cc21)CCN(C(=O)OC(C)(C)C)CC3. The molecule has 4 heteroatoms. The summed E-state index contributed by atoms with van der Waals surface area (Å²) in [7, 11) is 0. The Labute approximate surface area is 152 Å². The monoisotopic (exact) mass is 344 g/mol. The van der Waals surface area contributed by atoms with Gasteiger partial charge >= 0.3 is 6.09 Å². The molecule has 0 N–H and O–H groups in total. The van der Waals surface area contributed by atoms with Gasteiger partial charge in [0.05, 0.1) is 0 Å². The smallest absolute Gasteiger partial charge is 0.410 e. The van der Waals surface area contributed by atoms with E-state index in [4.69, 9.17) is 4.74 Å². The van der Waals surface area contributed by atoms with Crippen LogP contribution in [0.25, 0.3) is 0 Å². The van der Waals surface area contributed by atoms with Gasteiger partial charge in [0.2, 0.25) is 0 Å². The van der Waals surface area contributed by atoms with Crippen molar-refractivity contribution < 1.29 is 9.53 Å². The molecule has 0 atom stereocenters. The molecule has 1 amide bonds. The number of anilines is 1. The van der Waals surface area contributed by atoms with Crippen molar-refractivity contribution in [3.05, 3.63) is 28.8 Å². The molecule has 1 aromatic carbocycles. The van der Waals surface area contributed by atoms with Gasteiger partial charge in [-0.2, -0.15) is 0 Å². The molecule has 0 radical (unpaired) electrons. The molecule has 2 aliphatic rings. The quantitative estimate of drug-likeness (QED) is 0.807. The van der Waals surface area contributed by atoms with Crippen molar-refractivity contribution in [1.82, 2.24) is 4.90 Å². The van der Waals surface area contributed by atoms with Crippen molar-refractivity contribution in [3.8, 4) is 0 Å². The zero-order valence-electron chi connectivity index (χ0n) is 16.2. The van der Waals surface area contributed by atoms with Crippen LogP contribution in [-0.2, 0) is 24.0 Å². The lowest BCUT2D eigenvalue weighted by Gasteiger charge is -2.32. The predicted molar refractivity (Wildman–Crippen MR) is 102 cm³/mol. The van der Waals surface area contributed by atoms with Gasteiger partial charge in [0.25, 0.3) is 0 Å². The maximum atomic E-state index is 12.4. The van der Waals surface area contributed by atoms with Crippen LogP contribution in [0.3, 0.4) is 0 Å². The molecule has 0 aliphatic carbocycles. The van der Waals surface area contributed by atoms with E-state index in [0.29, 0.717) is 0 Å². The van der Waals surface area contributed by atoms with Gasteiger partial charge in [-0.3, -0.25) is 0 Å². The number of aryl methyl sites for hydroxylation is 1. The van der Waals surface area contributed by atoms with Crippen LogP contribution in [0.5, 0.6) is 0 Å². The zero-order valence-corrected chi connectivity index (χ0v) is 16.2. The van der Waals surface area contributed by atoms with Gasteiger partial charge in [0, 0.05) is 31.9 Å². The summed E-state index contributed by atoms with van der Waals surface area (Å²) in [5.41, 5.74) is 5.31. The highest BCUT2D eigenvalue weighted by atomic mass is 16.6. The maximum absolute atomic E-state index is 12.4. The first-order valence-electron chi connectivity index (χ1n) is 9.75. The van der Waals surface area contributed by atoms with Crippen LogP contribution >= 0.6 is 0 Å². The molecule has 0 unspecified atom stereocenters. The summed E-state index contributed by atoms with van der Waals surface area (Å²) in [6.07, 6.45) is 5.27. The highest BCUT2D eigenvalue weighted by molar-refractivity contribution is 5.68. The fourth-order valence-corrected chi connectivity index (χ4v) is 3.90. The van der Waals surface area contributed by atoms with E-state index in [1.54, 1.807) is 0 Å². The van der Waals surface area contributed by atoms with Gasteiger partial charge in [0.1, 0.15) is 5.60 Å². The Bertz CT molecular complexity index is 634. The Hall–Kier alpha value is -1.71. The maximum Gasteiger partial charge on any atom is 0.410 e. The fraction of sp³-hybridized carbons (Fsp3) is 0.667. The number of carbonyl (C=O) groups excluding carboxylic acids is 1. The Morgan fingerprint density at radius 3 is 2.36 bits per heavy atom. The first-order chi connectivity index (χ1) is 11.9. The molecule has 4 nitrogen and oxygen atoms in total. The van der Waals surface area contributed by atoms with E-state index in [2.05, 4.69) is 24.0 Å². The zero-order chi connectivity index (χ0) is 18.0. The van der Waals surface area contributed by atoms with Gasteiger partial charge in [-0.25, -0.2) is 4.79 Å². The van der Waals surface area contributed by atoms with Crippen LogP contribution in [0.2, 0.25) is 0 Å². The average molecular weight is 344 g/mol. The number of carbonyl (C=O) groups is 1. The van der Waals surface area contributed by atoms with Crippen molar-refractivity contribution in [2.75, 3.05) is 31.1 Å². The van der Waals surface area contributed by atoms with Crippen molar-refractivity contribution in [1.29, 1.82) is 0 Å². The van der Waals surface area contributed by atoms with Gasteiger partial charge in [-0.1, -0.05) is 13.0 Å². The van der Waals surface area contributed by atoms with Crippen LogP contribution in [0.1, 0.15) is 57.2 Å². The number of fused-ring (bicyclic) bond motifs is 2. The van der Waals surface area contributed by atoms with Crippen molar-refractivity contribution in [3.63, 3.8) is 0 Å². The molecule has 138 valence electrons. The number of ether oxygens (including phenoxy) is 1. The van der Waals surface area contributed by atoms with Crippen molar-refractivity contribution in [2.45, 2.75) is 65.4 Å². The number of rotatable bonds is 2. The first-order valence-corrected chi connectivity index (χ1v) is 9.75. The van der Waals surface area contributed by atoms with E-state index < -0.39 is 5.60 Å². The minimum absolute atomic E-state index is 0.183. The number of hydrogen-bond acceptors (Lipinski definition) is 3. The highest BCUT2D eigenvalue weighted by Gasteiger charge is 2.26. The molecule has 0 aromatic heterocycles. The second kappa shape index (κ2) is 7.27. The summed E-state index contributed by atoms with van der Waals surface area (Å²) < 4.78 is 5.56. The molecule has 25 heavy (non-hydrogen) atoms. The average Bonchev–Trinajstić information content (AvgIpc) is 2.74. The van der Waals surface area contributed by atoms with Gasteiger partial charge in [-0.15, -0.1) is 0 Å². The van der Waals surface area contributed by atoms with Crippen LogP contribution < -0.4 is 4.90 Å². The van der Waals surface area contributed by atoms with Crippen LogP contribution in [0.4, 0.5) is 10.5 Å². The topological polar surface area (TPSA) is 32.8 Å². The molecule has 2 heterocycles.